The van der Waals surface area contributed by atoms with E-state index in [0.717, 1.165) is 19.4 Å². The zero-order chi connectivity index (χ0) is 15.1. The molecule has 0 bridgehead atoms. The first-order valence-electron chi connectivity index (χ1n) is 7.01. The van der Waals surface area contributed by atoms with Crippen LogP contribution in [0.3, 0.4) is 0 Å². The van der Waals surface area contributed by atoms with Gasteiger partial charge in [-0.1, -0.05) is 6.07 Å². The van der Waals surface area contributed by atoms with Gasteiger partial charge in [0.25, 0.3) is 0 Å². The van der Waals surface area contributed by atoms with Crippen LogP contribution in [0.15, 0.2) is 24.3 Å². The van der Waals surface area contributed by atoms with Gasteiger partial charge < -0.3 is 20.5 Å². The van der Waals surface area contributed by atoms with Gasteiger partial charge in [-0.15, -0.1) is 0 Å². The van der Waals surface area contributed by atoms with Gasteiger partial charge in [0.1, 0.15) is 18.5 Å². The van der Waals surface area contributed by atoms with Crippen LogP contribution in [-0.2, 0) is 4.79 Å². The molecule has 112 valence electrons. The van der Waals surface area contributed by atoms with Crippen molar-refractivity contribution in [1.29, 1.82) is 5.26 Å². The summed E-state index contributed by atoms with van der Waals surface area (Å²) in [7, 11) is 0. The number of hydrogen-bond donors (Lipinski definition) is 3. The zero-order valence-electron chi connectivity index (χ0n) is 11.7. The first-order chi connectivity index (χ1) is 10.2. The smallest absolute Gasteiger partial charge is 0.237 e. The number of aliphatic hydroxyl groups excluding tert-OH is 1. The quantitative estimate of drug-likeness (QED) is 0.694. The van der Waals surface area contributed by atoms with E-state index in [9.17, 15) is 9.90 Å². The Balaban J connectivity index is 1.73. The van der Waals surface area contributed by atoms with Crippen LogP contribution in [-0.4, -0.2) is 42.9 Å². The summed E-state index contributed by atoms with van der Waals surface area (Å²) in [4.78, 5) is 11.5. The lowest BCUT2D eigenvalue weighted by Gasteiger charge is -2.24. The van der Waals surface area contributed by atoms with E-state index in [1.165, 1.54) is 0 Å². The molecule has 0 saturated carbocycles. The Morgan fingerprint density at radius 2 is 2.43 bits per heavy atom. The van der Waals surface area contributed by atoms with Gasteiger partial charge in [0.05, 0.1) is 17.7 Å². The summed E-state index contributed by atoms with van der Waals surface area (Å²) in [6.07, 6.45) is 1.01. The van der Waals surface area contributed by atoms with Crippen molar-refractivity contribution >= 4 is 5.91 Å². The molecule has 1 fully saturated rings. The third kappa shape index (κ3) is 4.74. The molecule has 1 aromatic carbocycles. The van der Waals surface area contributed by atoms with Gasteiger partial charge in [-0.3, -0.25) is 4.79 Å². The molecule has 0 aliphatic carbocycles. The minimum absolute atomic E-state index is 0.0175. The minimum atomic E-state index is -0.717. The number of nitrogens with one attached hydrogen (secondary N) is 2. The number of carbonyl (C=O) groups is 1. The predicted octanol–water partition coefficient (Wildman–Crippen LogP) is 0.166. The third-order valence-corrected chi connectivity index (χ3v) is 3.29. The van der Waals surface area contributed by atoms with Crippen LogP contribution < -0.4 is 15.4 Å². The zero-order valence-corrected chi connectivity index (χ0v) is 11.7. The van der Waals surface area contributed by atoms with Gasteiger partial charge in [-0.05, 0) is 31.0 Å². The summed E-state index contributed by atoms with van der Waals surface area (Å²) >= 11 is 0. The molecule has 0 spiro atoms. The number of nitrogens with zero attached hydrogens (tertiary/aromatic N) is 1. The number of rotatable bonds is 6. The van der Waals surface area contributed by atoms with Gasteiger partial charge in [0.2, 0.25) is 5.91 Å². The molecule has 1 aliphatic heterocycles. The predicted molar refractivity (Wildman–Crippen MR) is 76.7 cm³/mol. The van der Waals surface area contributed by atoms with Crippen LogP contribution in [0, 0.1) is 11.3 Å². The average Bonchev–Trinajstić information content (AvgIpc) is 2.52. The molecule has 6 heteroatoms. The molecule has 0 aromatic heterocycles. The van der Waals surface area contributed by atoms with Crippen LogP contribution in [0.1, 0.15) is 18.4 Å². The second-order valence-electron chi connectivity index (χ2n) is 5.00. The van der Waals surface area contributed by atoms with Crippen molar-refractivity contribution in [2.75, 3.05) is 19.7 Å². The Hall–Kier alpha value is -2.10. The molecule has 1 saturated heterocycles. The number of hydrogen-bond acceptors (Lipinski definition) is 5. The van der Waals surface area contributed by atoms with Gasteiger partial charge in [-0.25, -0.2) is 0 Å². The van der Waals surface area contributed by atoms with Gasteiger partial charge in [0, 0.05) is 13.1 Å². The number of ether oxygens (including phenoxy) is 1. The van der Waals surface area contributed by atoms with Crippen molar-refractivity contribution in [3.8, 4) is 11.8 Å². The summed E-state index contributed by atoms with van der Waals surface area (Å²) < 4.78 is 5.44. The van der Waals surface area contributed by atoms with Crippen LogP contribution in [0.5, 0.6) is 5.75 Å². The van der Waals surface area contributed by atoms with Crippen molar-refractivity contribution in [2.24, 2.45) is 0 Å². The SMILES string of the molecule is N#Cc1cccc(OCC(O)CNC2CCCNC2=O)c1. The van der Waals surface area contributed by atoms with Gasteiger partial charge in [0.15, 0.2) is 0 Å². The Morgan fingerprint density at radius 1 is 1.57 bits per heavy atom. The summed E-state index contributed by atoms with van der Waals surface area (Å²) in [5.74, 6) is 0.527. The third-order valence-electron chi connectivity index (χ3n) is 3.29. The summed E-state index contributed by atoms with van der Waals surface area (Å²) in [5, 5.41) is 24.5. The van der Waals surface area contributed by atoms with Crippen molar-refractivity contribution in [2.45, 2.75) is 25.0 Å². The molecule has 2 atom stereocenters. The summed E-state index contributed by atoms with van der Waals surface area (Å²) in [5.41, 5.74) is 0.513. The average molecular weight is 289 g/mol. The number of amides is 1. The van der Waals surface area contributed by atoms with Crippen LogP contribution in [0.2, 0.25) is 0 Å². The van der Waals surface area contributed by atoms with E-state index in [-0.39, 0.29) is 25.1 Å². The first kappa shape index (κ1) is 15.3. The second-order valence-corrected chi connectivity index (χ2v) is 5.00. The Bertz CT molecular complexity index is 527. The maximum atomic E-state index is 11.5. The standard InChI is InChI=1S/C15H19N3O3/c16-8-11-3-1-4-13(7-11)21-10-12(19)9-18-14-5-2-6-17-15(14)20/h1,3-4,7,12,14,18-19H,2,5-6,9-10H2,(H,17,20). The second kappa shape index (κ2) is 7.62. The van der Waals surface area contributed by atoms with E-state index in [4.69, 9.17) is 10.00 Å². The lowest BCUT2D eigenvalue weighted by Crippen LogP contribution is -2.50. The van der Waals surface area contributed by atoms with E-state index in [0.29, 0.717) is 11.3 Å². The topological polar surface area (TPSA) is 94.4 Å². The largest absolute Gasteiger partial charge is 0.491 e. The summed E-state index contributed by atoms with van der Waals surface area (Å²) in [6, 6.07) is 8.55. The molecule has 2 unspecified atom stereocenters. The maximum absolute atomic E-state index is 11.5. The molecule has 6 nitrogen and oxygen atoms in total. The Morgan fingerprint density at radius 3 is 3.19 bits per heavy atom. The van der Waals surface area contributed by atoms with E-state index in [1.807, 2.05) is 6.07 Å². The summed E-state index contributed by atoms with van der Waals surface area (Å²) in [6.45, 7) is 1.12. The highest BCUT2D eigenvalue weighted by atomic mass is 16.5. The minimum Gasteiger partial charge on any atom is -0.491 e. The number of benzene rings is 1. The van der Waals surface area contributed by atoms with E-state index in [2.05, 4.69) is 10.6 Å². The normalized spacial score (nSPS) is 19.4. The van der Waals surface area contributed by atoms with Crippen LogP contribution >= 0.6 is 0 Å². The van der Waals surface area contributed by atoms with Crippen molar-refractivity contribution in [3.05, 3.63) is 29.8 Å². The molecule has 1 aliphatic rings. The number of piperidine rings is 1. The maximum Gasteiger partial charge on any atom is 0.237 e. The molecular weight excluding hydrogens is 270 g/mol. The Labute approximate surface area is 123 Å². The lowest BCUT2D eigenvalue weighted by atomic mass is 10.1. The fourth-order valence-corrected chi connectivity index (χ4v) is 2.15. The van der Waals surface area contributed by atoms with Crippen LogP contribution in [0.4, 0.5) is 0 Å². The molecule has 2 rings (SSSR count). The monoisotopic (exact) mass is 289 g/mol. The fourth-order valence-electron chi connectivity index (χ4n) is 2.15. The van der Waals surface area contributed by atoms with Gasteiger partial charge >= 0.3 is 0 Å². The molecular formula is C15H19N3O3. The van der Waals surface area contributed by atoms with Crippen molar-refractivity contribution in [1.82, 2.24) is 10.6 Å². The van der Waals surface area contributed by atoms with E-state index >= 15 is 0 Å². The van der Waals surface area contributed by atoms with Crippen molar-refractivity contribution < 1.29 is 14.6 Å². The molecule has 21 heavy (non-hydrogen) atoms. The molecule has 1 aromatic rings. The highest BCUT2D eigenvalue weighted by molar-refractivity contribution is 5.82. The van der Waals surface area contributed by atoms with Crippen LogP contribution in [0.25, 0.3) is 0 Å². The molecule has 1 heterocycles. The lowest BCUT2D eigenvalue weighted by molar-refractivity contribution is -0.124. The highest BCUT2D eigenvalue weighted by Crippen LogP contribution is 2.12. The Kier molecular flexibility index (Phi) is 5.55. The molecule has 1 amide bonds. The first-order valence-corrected chi connectivity index (χ1v) is 7.01. The van der Waals surface area contributed by atoms with Crippen molar-refractivity contribution in [3.63, 3.8) is 0 Å². The number of aliphatic hydroxyl groups is 1. The van der Waals surface area contributed by atoms with E-state index < -0.39 is 6.10 Å². The molecule has 3 N–H and O–H groups in total. The van der Waals surface area contributed by atoms with Gasteiger partial charge in [-0.2, -0.15) is 5.26 Å². The fraction of sp³-hybridized carbons (Fsp3) is 0.467. The number of nitriles is 1. The van der Waals surface area contributed by atoms with E-state index in [1.54, 1.807) is 24.3 Å². The molecule has 0 radical (unpaired) electrons. The highest BCUT2D eigenvalue weighted by Gasteiger charge is 2.22. The number of carbonyl (C=O) groups excluding carboxylic acids is 1.